The number of hydrogen-bond acceptors (Lipinski definition) is 4. The predicted octanol–water partition coefficient (Wildman–Crippen LogP) is 4.66. The molecule has 0 bridgehead atoms. The highest BCUT2D eigenvalue weighted by molar-refractivity contribution is 5.93. The molecule has 1 aromatic heterocycles. The summed E-state index contributed by atoms with van der Waals surface area (Å²) in [5.41, 5.74) is 5.94. The number of nitrogens with one attached hydrogen (secondary N) is 1. The molecule has 2 aromatic rings. The maximum Gasteiger partial charge on any atom is 0.228 e. The van der Waals surface area contributed by atoms with E-state index < -0.39 is 0 Å². The van der Waals surface area contributed by atoms with Crippen LogP contribution in [0.1, 0.15) is 51.1 Å². The highest BCUT2D eigenvalue weighted by atomic mass is 16.5. The fourth-order valence-corrected chi connectivity index (χ4v) is 3.15. The van der Waals surface area contributed by atoms with Gasteiger partial charge >= 0.3 is 0 Å². The van der Waals surface area contributed by atoms with Crippen LogP contribution in [-0.4, -0.2) is 23.0 Å². The number of aromatic nitrogens is 2. The second-order valence-corrected chi connectivity index (χ2v) is 7.30. The number of amides is 1. The molecule has 0 spiro atoms. The number of benzene rings is 1. The molecular weight excluding hydrogens is 338 g/mol. The fraction of sp³-hybridized carbons (Fsp3) is 0.409. The molecule has 1 unspecified atom stereocenters. The van der Waals surface area contributed by atoms with E-state index in [-0.39, 0.29) is 11.8 Å². The highest BCUT2D eigenvalue weighted by Crippen LogP contribution is 2.35. The van der Waals surface area contributed by atoms with Crippen molar-refractivity contribution in [2.45, 2.75) is 47.0 Å². The zero-order chi connectivity index (χ0) is 19.6. The molecular formula is C22H27N3O2. The van der Waals surface area contributed by atoms with Crippen molar-refractivity contribution in [2.24, 2.45) is 5.92 Å². The van der Waals surface area contributed by atoms with Crippen LogP contribution in [0.4, 0.5) is 5.82 Å². The minimum Gasteiger partial charge on any atom is -0.497 e. The van der Waals surface area contributed by atoms with Crippen LogP contribution >= 0.6 is 0 Å². The standard InChI is InChI=1S/C22H27N3O2/c1-6-14(4)22(26)25-21-19(11-13(2)3)23-20-17-9-8-16(27-5)12-15(17)7-10-18(20)24-21/h8-9,11-12,14H,6-7,10H2,1-5H3,(H,24,25,26). The first kappa shape index (κ1) is 19.1. The third kappa shape index (κ3) is 4.02. The van der Waals surface area contributed by atoms with Gasteiger partial charge in [-0.25, -0.2) is 9.97 Å². The molecule has 0 fully saturated rings. The third-order valence-electron chi connectivity index (χ3n) is 4.92. The largest absolute Gasteiger partial charge is 0.497 e. The van der Waals surface area contributed by atoms with Gasteiger partial charge in [0.25, 0.3) is 0 Å². The van der Waals surface area contributed by atoms with Crippen LogP contribution in [-0.2, 0) is 17.6 Å². The lowest BCUT2D eigenvalue weighted by molar-refractivity contribution is -0.119. The number of rotatable bonds is 5. The summed E-state index contributed by atoms with van der Waals surface area (Å²) in [6.07, 6.45) is 4.44. The molecule has 0 saturated carbocycles. The first-order valence-electron chi connectivity index (χ1n) is 9.46. The molecule has 142 valence electrons. The molecule has 27 heavy (non-hydrogen) atoms. The Kier molecular flexibility index (Phi) is 5.59. The molecule has 1 heterocycles. The molecule has 3 rings (SSSR count). The third-order valence-corrected chi connectivity index (χ3v) is 4.92. The van der Waals surface area contributed by atoms with Gasteiger partial charge in [0.2, 0.25) is 5.91 Å². The van der Waals surface area contributed by atoms with Gasteiger partial charge in [-0.1, -0.05) is 19.4 Å². The summed E-state index contributed by atoms with van der Waals surface area (Å²) < 4.78 is 5.35. The molecule has 1 amide bonds. The minimum atomic E-state index is -0.0597. The van der Waals surface area contributed by atoms with Crippen molar-refractivity contribution in [3.05, 3.63) is 40.7 Å². The zero-order valence-corrected chi connectivity index (χ0v) is 16.7. The van der Waals surface area contributed by atoms with Crippen molar-refractivity contribution in [1.82, 2.24) is 9.97 Å². The van der Waals surface area contributed by atoms with Gasteiger partial charge in [0.15, 0.2) is 5.82 Å². The Balaban J connectivity index is 2.08. The molecule has 5 heteroatoms. The van der Waals surface area contributed by atoms with Gasteiger partial charge in [-0.3, -0.25) is 4.79 Å². The van der Waals surface area contributed by atoms with E-state index in [2.05, 4.69) is 11.4 Å². The Morgan fingerprint density at radius 1 is 1.30 bits per heavy atom. The van der Waals surface area contributed by atoms with E-state index in [1.165, 1.54) is 5.56 Å². The number of allylic oxidation sites excluding steroid dienone is 1. The molecule has 0 radical (unpaired) electrons. The number of methoxy groups -OCH3 is 1. The highest BCUT2D eigenvalue weighted by Gasteiger charge is 2.23. The molecule has 1 aromatic carbocycles. The summed E-state index contributed by atoms with van der Waals surface area (Å²) in [6, 6.07) is 6.07. The number of anilines is 1. The molecule has 1 atom stereocenters. The van der Waals surface area contributed by atoms with Crippen LogP contribution < -0.4 is 10.1 Å². The lowest BCUT2D eigenvalue weighted by atomic mass is 9.91. The van der Waals surface area contributed by atoms with Crippen molar-refractivity contribution < 1.29 is 9.53 Å². The first-order chi connectivity index (χ1) is 12.9. The zero-order valence-electron chi connectivity index (χ0n) is 16.7. The van der Waals surface area contributed by atoms with E-state index in [1.807, 2.05) is 45.9 Å². The van der Waals surface area contributed by atoms with Crippen molar-refractivity contribution >= 4 is 17.8 Å². The maximum atomic E-state index is 12.4. The van der Waals surface area contributed by atoms with E-state index >= 15 is 0 Å². The number of nitrogens with zero attached hydrogens (tertiary/aromatic N) is 2. The second-order valence-electron chi connectivity index (χ2n) is 7.30. The number of hydrogen-bond donors (Lipinski definition) is 1. The molecule has 1 aliphatic rings. The monoisotopic (exact) mass is 365 g/mol. The average molecular weight is 365 g/mol. The molecule has 1 N–H and O–H groups in total. The molecule has 1 aliphatic carbocycles. The minimum absolute atomic E-state index is 0.0175. The quantitative estimate of drug-likeness (QED) is 0.837. The summed E-state index contributed by atoms with van der Waals surface area (Å²) in [5, 5.41) is 2.98. The van der Waals surface area contributed by atoms with Gasteiger partial charge in [0.1, 0.15) is 11.4 Å². The van der Waals surface area contributed by atoms with Crippen molar-refractivity contribution in [3.8, 4) is 17.0 Å². The van der Waals surface area contributed by atoms with E-state index in [0.29, 0.717) is 11.5 Å². The average Bonchev–Trinajstić information content (AvgIpc) is 2.66. The van der Waals surface area contributed by atoms with Crippen molar-refractivity contribution in [2.75, 3.05) is 12.4 Å². The lowest BCUT2D eigenvalue weighted by Gasteiger charge is -2.21. The van der Waals surface area contributed by atoms with Gasteiger partial charge in [-0.15, -0.1) is 0 Å². The predicted molar refractivity (Wildman–Crippen MR) is 109 cm³/mol. The number of carbonyl (C=O) groups excluding carboxylic acids is 1. The van der Waals surface area contributed by atoms with Crippen LogP contribution in [0.2, 0.25) is 0 Å². The van der Waals surface area contributed by atoms with Crippen LogP contribution in [0.15, 0.2) is 23.8 Å². The van der Waals surface area contributed by atoms with Crippen LogP contribution in [0, 0.1) is 5.92 Å². The summed E-state index contributed by atoms with van der Waals surface area (Å²) in [6.45, 7) is 7.96. The fourth-order valence-electron chi connectivity index (χ4n) is 3.15. The Hall–Kier alpha value is -2.69. The summed E-state index contributed by atoms with van der Waals surface area (Å²) >= 11 is 0. The number of fused-ring (bicyclic) bond motifs is 3. The lowest BCUT2D eigenvalue weighted by Crippen LogP contribution is -2.22. The smallest absolute Gasteiger partial charge is 0.228 e. The molecule has 5 nitrogen and oxygen atoms in total. The topological polar surface area (TPSA) is 64.1 Å². The van der Waals surface area contributed by atoms with E-state index in [1.54, 1.807) is 7.11 Å². The molecule has 0 aliphatic heterocycles. The summed E-state index contributed by atoms with van der Waals surface area (Å²) in [5.74, 6) is 1.33. The van der Waals surface area contributed by atoms with Gasteiger partial charge in [0, 0.05) is 11.5 Å². The van der Waals surface area contributed by atoms with E-state index in [9.17, 15) is 4.79 Å². The Labute approximate surface area is 160 Å². The van der Waals surface area contributed by atoms with Gasteiger partial charge < -0.3 is 10.1 Å². The van der Waals surface area contributed by atoms with Gasteiger partial charge in [-0.05, 0) is 62.9 Å². The van der Waals surface area contributed by atoms with Crippen LogP contribution in [0.5, 0.6) is 5.75 Å². The van der Waals surface area contributed by atoms with Crippen LogP contribution in [0.3, 0.4) is 0 Å². The van der Waals surface area contributed by atoms with Gasteiger partial charge in [0.05, 0.1) is 18.5 Å². The van der Waals surface area contributed by atoms with Crippen molar-refractivity contribution in [1.29, 1.82) is 0 Å². The maximum absolute atomic E-state index is 12.4. The SMILES string of the molecule is CCC(C)C(=O)Nc1nc2c(nc1C=C(C)C)-c1ccc(OC)cc1CC2. The van der Waals surface area contributed by atoms with Gasteiger partial charge in [-0.2, -0.15) is 0 Å². The molecule has 0 saturated heterocycles. The Bertz CT molecular complexity index is 899. The number of ether oxygens (including phenoxy) is 1. The summed E-state index contributed by atoms with van der Waals surface area (Å²) in [4.78, 5) is 22.1. The first-order valence-corrected chi connectivity index (χ1v) is 9.46. The Morgan fingerprint density at radius 3 is 2.74 bits per heavy atom. The second kappa shape index (κ2) is 7.91. The van der Waals surface area contributed by atoms with E-state index in [0.717, 1.165) is 47.5 Å². The number of carbonyl (C=O) groups is 1. The summed E-state index contributed by atoms with van der Waals surface area (Å²) in [7, 11) is 1.68. The van der Waals surface area contributed by atoms with Crippen LogP contribution in [0.25, 0.3) is 17.3 Å². The normalized spacial score (nSPS) is 13.2. The Morgan fingerprint density at radius 2 is 2.07 bits per heavy atom. The van der Waals surface area contributed by atoms with Crippen molar-refractivity contribution in [3.63, 3.8) is 0 Å². The number of aryl methyl sites for hydroxylation is 2. The van der Waals surface area contributed by atoms with E-state index in [4.69, 9.17) is 14.7 Å².